The van der Waals surface area contributed by atoms with E-state index in [9.17, 15) is 4.79 Å². The van der Waals surface area contributed by atoms with Gasteiger partial charge >= 0.3 is 5.97 Å². The fourth-order valence-electron chi connectivity index (χ4n) is 2.01. The third kappa shape index (κ3) is 2.91. The van der Waals surface area contributed by atoms with Gasteiger partial charge in [0, 0.05) is 10.6 Å². The van der Waals surface area contributed by atoms with Gasteiger partial charge in [0.2, 0.25) is 0 Å². The summed E-state index contributed by atoms with van der Waals surface area (Å²) in [6.45, 7) is 2.16. The Bertz CT molecular complexity index is 813. The number of ether oxygens (including phenoxy) is 1. The molecule has 0 atom stereocenters. The maximum absolute atomic E-state index is 11.8. The van der Waals surface area contributed by atoms with Crippen LogP contribution in [-0.2, 0) is 4.74 Å². The van der Waals surface area contributed by atoms with Crippen molar-refractivity contribution in [3.05, 3.63) is 53.1 Å². The summed E-state index contributed by atoms with van der Waals surface area (Å²) in [5.41, 5.74) is 2.38. The first-order valence-corrected chi connectivity index (χ1v) is 7.70. The molecule has 0 fully saturated rings. The molecule has 5 heteroatoms. The van der Waals surface area contributed by atoms with E-state index in [1.54, 1.807) is 13.0 Å². The van der Waals surface area contributed by atoms with Crippen molar-refractivity contribution in [2.45, 2.75) is 6.92 Å². The van der Waals surface area contributed by atoms with Crippen molar-refractivity contribution in [1.29, 1.82) is 0 Å². The van der Waals surface area contributed by atoms with Crippen LogP contribution in [0.15, 0.2) is 42.5 Å². The smallest absolute Gasteiger partial charge is 0.338 e. The molecule has 3 nitrogen and oxygen atoms in total. The molecular weight excluding hydrogens is 306 g/mol. The quantitative estimate of drug-likeness (QED) is 0.652. The molecule has 3 rings (SSSR count). The normalized spacial score (nSPS) is 10.8. The van der Waals surface area contributed by atoms with Gasteiger partial charge in [-0.25, -0.2) is 9.78 Å². The SMILES string of the molecule is CCOC(=O)c1ccc2nc(-c3cccc(Cl)c3)sc2c1. The minimum absolute atomic E-state index is 0.308. The lowest BCUT2D eigenvalue weighted by Crippen LogP contribution is -2.03. The van der Waals surface area contributed by atoms with Crippen molar-refractivity contribution in [2.24, 2.45) is 0 Å². The zero-order chi connectivity index (χ0) is 14.8. The molecule has 0 amide bonds. The second kappa shape index (κ2) is 5.84. The number of rotatable bonds is 3. The van der Waals surface area contributed by atoms with Crippen molar-refractivity contribution in [1.82, 2.24) is 4.98 Å². The van der Waals surface area contributed by atoms with Crippen molar-refractivity contribution >= 4 is 39.1 Å². The number of thiazole rings is 1. The van der Waals surface area contributed by atoms with E-state index < -0.39 is 0 Å². The highest BCUT2D eigenvalue weighted by Crippen LogP contribution is 2.31. The first kappa shape index (κ1) is 14.0. The number of carbonyl (C=O) groups is 1. The van der Waals surface area contributed by atoms with Gasteiger partial charge < -0.3 is 4.74 Å². The highest BCUT2D eigenvalue weighted by atomic mass is 35.5. The Morgan fingerprint density at radius 1 is 1.29 bits per heavy atom. The molecule has 0 saturated carbocycles. The summed E-state index contributed by atoms with van der Waals surface area (Å²) in [4.78, 5) is 16.3. The average molecular weight is 318 g/mol. The summed E-state index contributed by atoms with van der Waals surface area (Å²) in [7, 11) is 0. The van der Waals surface area contributed by atoms with E-state index in [1.807, 2.05) is 36.4 Å². The largest absolute Gasteiger partial charge is 0.462 e. The number of hydrogen-bond donors (Lipinski definition) is 0. The van der Waals surface area contributed by atoms with Gasteiger partial charge in [-0.05, 0) is 37.3 Å². The fraction of sp³-hybridized carbons (Fsp3) is 0.125. The van der Waals surface area contributed by atoms with Gasteiger partial charge in [-0.2, -0.15) is 0 Å². The first-order valence-electron chi connectivity index (χ1n) is 6.51. The molecule has 2 aromatic carbocycles. The highest BCUT2D eigenvalue weighted by Gasteiger charge is 2.11. The van der Waals surface area contributed by atoms with Crippen molar-refractivity contribution in [3.8, 4) is 10.6 Å². The molecule has 1 aromatic heterocycles. The zero-order valence-corrected chi connectivity index (χ0v) is 12.9. The molecular formula is C16H12ClNO2S. The van der Waals surface area contributed by atoms with Crippen LogP contribution >= 0.6 is 22.9 Å². The summed E-state index contributed by atoms with van der Waals surface area (Å²) in [5.74, 6) is -0.308. The molecule has 0 radical (unpaired) electrons. The number of nitrogens with zero attached hydrogens (tertiary/aromatic N) is 1. The van der Waals surface area contributed by atoms with Gasteiger partial charge in [-0.1, -0.05) is 23.7 Å². The molecule has 0 aliphatic heterocycles. The maximum Gasteiger partial charge on any atom is 0.338 e. The Labute approximate surface area is 131 Å². The molecule has 3 aromatic rings. The summed E-state index contributed by atoms with van der Waals surface area (Å²) in [5, 5.41) is 1.56. The summed E-state index contributed by atoms with van der Waals surface area (Å²) in [6, 6.07) is 13.0. The first-order chi connectivity index (χ1) is 10.2. The standard InChI is InChI=1S/C16H12ClNO2S/c1-2-20-16(19)11-6-7-13-14(9-11)21-15(18-13)10-4-3-5-12(17)8-10/h3-9H,2H2,1H3. The van der Waals surface area contributed by atoms with E-state index in [0.29, 0.717) is 17.2 Å². The monoisotopic (exact) mass is 317 g/mol. The van der Waals surface area contributed by atoms with Crippen LogP contribution in [0.5, 0.6) is 0 Å². The maximum atomic E-state index is 11.8. The number of esters is 1. The number of carbonyl (C=O) groups excluding carboxylic acids is 1. The Balaban J connectivity index is 2.02. The van der Waals surface area contributed by atoms with Crippen LogP contribution in [0.3, 0.4) is 0 Å². The van der Waals surface area contributed by atoms with E-state index in [-0.39, 0.29) is 5.97 Å². The van der Waals surface area contributed by atoms with Gasteiger partial charge in [0.05, 0.1) is 22.4 Å². The lowest BCUT2D eigenvalue weighted by atomic mass is 10.2. The predicted octanol–water partition coefficient (Wildman–Crippen LogP) is 4.79. The van der Waals surface area contributed by atoms with Crippen LogP contribution in [0.2, 0.25) is 5.02 Å². The fourth-order valence-corrected chi connectivity index (χ4v) is 3.20. The van der Waals surface area contributed by atoms with Gasteiger partial charge in [0.1, 0.15) is 5.01 Å². The molecule has 0 N–H and O–H groups in total. The molecule has 1 heterocycles. The third-order valence-corrected chi connectivity index (χ3v) is 4.27. The zero-order valence-electron chi connectivity index (χ0n) is 11.3. The summed E-state index contributed by atoms with van der Waals surface area (Å²) < 4.78 is 5.97. The van der Waals surface area contributed by atoms with E-state index in [4.69, 9.17) is 16.3 Å². The van der Waals surface area contributed by atoms with Crippen LogP contribution in [0.1, 0.15) is 17.3 Å². The highest BCUT2D eigenvalue weighted by molar-refractivity contribution is 7.21. The number of aromatic nitrogens is 1. The summed E-state index contributed by atoms with van der Waals surface area (Å²) >= 11 is 7.54. The van der Waals surface area contributed by atoms with Gasteiger partial charge in [-0.15, -0.1) is 11.3 Å². The molecule has 106 valence electrons. The molecule has 0 aliphatic rings. The average Bonchev–Trinajstić information content (AvgIpc) is 2.90. The second-order valence-electron chi connectivity index (χ2n) is 4.43. The number of benzene rings is 2. The van der Waals surface area contributed by atoms with Gasteiger partial charge in [0.25, 0.3) is 0 Å². The topological polar surface area (TPSA) is 39.2 Å². The molecule has 0 saturated heterocycles. The van der Waals surface area contributed by atoms with Crippen molar-refractivity contribution < 1.29 is 9.53 Å². The minimum Gasteiger partial charge on any atom is -0.462 e. The van der Waals surface area contributed by atoms with Crippen molar-refractivity contribution in [3.63, 3.8) is 0 Å². The van der Waals surface area contributed by atoms with Crippen molar-refractivity contribution in [2.75, 3.05) is 6.61 Å². The molecule has 0 unspecified atom stereocenters. The van der Waals surface area contributed by atoms with Crippen LogP contribution < -0.4 is 0 Å². The second-order valence-corrected chi connectivity index (χ2v) is 5.90. The molecule has 0 spiro atoms. The lowest BCUT2D eigenvalue weighted by Gasteiger charge is -2.00. The van der Waals surface area contributed by atoms with Crippen LogP contribution in [0, 0.1) is 0 Å². The lowest BCUT2D eigenvalue weighted by molar-refractivity contribution is 0.0526. The molecule has 0 aliphatic carbocycles. The van der Waals surface area contributed by atoms with Gasteiger partial charge in [0.15, 0.2) is 0 Å². The third-order valence-electron chi connectivity index (χ3n) is 2.97. The number of hydrogen-bond acceptors (Lipinski definition) is 4. The molecule has 21 heavy (non-hydrogen) atoms. The number of halogens is 1. The van der Waals surface area contributed by atoms with Crippen LogP contribution in [0.25, 0.3) is 20.8 Å². The van der Waals surface area contributed by atoms with Gasteiger partial charge in [-0.3, -0.25) is 0 Å². The van der Waals surface area contributed by atoms with E-state index >= 15 is 0 Å². The summed E-state index contributed by atoms with van der Waals surface area (Å²) in [6.07, 6.45) is 0. The number of fused-ring (bicyclic) bond motifs is 1. The Morgan fingerprint density at radius 3 is 2.90 bits per heavy atom. The molecule has 0 bridgehead atoms. The van der Waals surface area contributed by atoms with Crippen LogP contribution in [0.4, 0.5) is 0 Å². The Hall–Kier alpha value is -1.91. The Morgan fingerprint density at radius 2 is 2.14 bits per heavy atom. The van der Waals surface area contributed by atoms with Crippen LogP contribution in [-0.4, -0.2) is 17.6 Å². The predicted molar refractivity (Wildman–Crippen MR) is 86.0 cm³/mol. The van der Waals surface area contributed by atoms with E-state index in [1.165, 1.54) is 11.3 Å². The Kier molecular flexibility index (Phi) is 3.90. The van der Waals surface area contributed by atoms with E-state index in [0.717, 1.165) is 20.8 Å². The van der Waals surface area contributed by atoms with E-state index in [2.05, 4.69) is 4.98 Å². The minimum atomic E-state index is -0.308.